The van der Waals surface area contributed by atoms with Gasteiger partial charge in [0.25, 0.3) is 5.91 Å². The molecule has 0 heterocycles. The zero-order chi connectivity index (χ0) is 21.2. The number of esters is 1. The molecular formula is C20H22ClNO5S. The summed E-state index contributed by atoms with van der Waals surface area (Å²) in [7, 11) is -3.52. The Morgan fingerprint density at radius 1 is 1.07 bits per heavy atom. The van der Waals surface area contributed by atoms with E-state index in [1.165, 1.54) is 19.1 Å². The molecule has 2 aromatic carbocycles. The van der Waals surface area contributed by atoms with Gasteiger partial charge in [0.2, 0.25) is 0 Å². The predicted molar refractivity (Wildman–Crippen MR) is 109 cm³/mol. The van der Waals surface area contributed by atoms with Gasteiger partial charge < -0.3 is 10.1 Å². The molecule has 0 fully saturated rings. The monoisotopic (exact) mass is 423 g/mol. The van der Waals surface area contributed by atoms with Gasteiger partial charge in [-0.05, 0) is 57.0 Å². The van der Waals surface area contributed by atoms with E-state index in [0.29, 0.717) is 5.69 Å². The molecule has 0 saturated carbocycles. The summed E-state index contributed by atoms with van der Waals surface area (Å²) in [5, 5.41) is 2.80. The smallest absolute Gasteiger partial charge is 0.340 e. The number of carbonyl (C=O) groups excluding carboxylic acids is 2. The first-order chi connectivity index (χ1) is 12.9. The molecule has 0 saturated heterocycles. The average Bonchev–Trinajstić information content (AvgIpc) is 2.56. The van der Waals surface area contributed by atoms with Crippen LogP contribution in [-0.2, 0) is 19.4 Å². The number of hydrogen-bond donors (Lipinski definition) is 1. The molecule has 1 amide bonds. The Bertz CT molecular complexity index is 1020. The van der Waals surface area contributed by atoms with Crippen molar-refractivity contribution in [1.82, 2.24) is 0 Å². The molecule has 6 nitrogen and oxygen atoms in total. The normalized spacial score (nSPS) is 12.4. The summed E-state index contributed by atoms with van der Waals surface area (Å²) >= 11 is 5.99. The summed E-state index contributed by atoms with van der Waals surface area (Å²) in [6.07, 6.45) is -0.0845. The predicted octanol–water partition coefficient (Wildman–Crippen LogP) is 3.85. The number of hydrogen-bond acceptors (Lipinski definition) is 5. The number of aryl methyl sites for hydroxylation is 3. The average molecular weight is 424 g/mol. The van der Waals surface area contributed by atoms with E-state index in [-0.39, 0.29) is 15.5 Å². The molecule has 1 N–H and O–H groups in total. The van der Waals surface area contributed by atoms with Gasteiger partial charge >= 0.3 is 5.97 Å². The van der Waals surface area contributed by atoms with Gasteiger partial charge in [0.05, 0.1) is 15.5 Å². The summed E-state index contributed by atoms with van der Waals surface area (Å²) < 4.78 is 28.6. The highest BCUT2D eigenvalue weighted by molar-refractivity contribution is 7.90. The highest BCUT2D eigenvalue weighted by Crippen LogP contribution is 2.24. The van der Waals surface area contributed by atoms with Crippen molar-refractivity contribution in [3.05, 3.63) is 57.6 Å². The van der Waals surface area contributed by atoms with Crippen LogP contribution in [-0.4, -0.2) is 32.7 Å². The van der Waals surface area contributed by atoms with Crippen molar-refractivity contribution in [3.63, 3.8) is 0 Å². The maximum absolute atomic E-state index is 12.5. The number of rotatable bonds is 5. The Balaban J connectivity index is 2.18. The van der Waals surface area contributed by atoms with Crippen LogP contribution in [0.15, 0.2) is 35.2 Å². The Morgan fingerprint density at radius 2 is 1.64 bits per heavy atom. The van der Waals surface area contributed by atoms with Gasteiger partial charge in [0.1, 0.15) is 0 Å². The number of nitrogens with one attached hydrogen (secondary N) is 1. The topological polar surface area (TPSA) is 89.5 Å². The molecule has 150 valence electrons. The standard InChI is InChI=1S/C20H22ClNO5S/c1-11-8-12(2)18(13(3)9-11)22-19(23)14(4)27-20(24)16-10-15(28(5,25)26)6-7-17(16)21/h6-10,14H,1-5H3,(H,22,23)/t14-/m1/s1. The zero-order valence-corrected chi connectivity index (χ0v) is 17.9. The molecule has 0 radical (unpaired) electrons. The van der Waals surface area contributed by atoms with Crippen molar-refractivity contribution in [2.75, 3.05) is 11.6 Å². The van der Waals surface area contributed by atoms with Crippen molar-refractivity contribution >= 4 is 39.0 Å². The fourth-order valence-corrected chi connectivity index (χ4v) is 3.61. The summed E-state index contributed by atoms with van der Waals surface area (Å²) in [4.78, 5) is 24.8. The molecule has 0 bridgehead atoms. The van der Waals surface area contributed by atoms with E-state index in [2.05, 4.69) is 5.32 Å². The van der Waals surface area contributed by atoms with Crippen LogP contribution < -0.4 is 5.32 Å². The van der Waals surface area contributed by atoms with Crippen LogP contribution in [0.5, 0.6) is 0 Å². The van der Waals surface area contributed by atoms with Crippen molar-refractivity contribution < 1.29 is 22.7 Å². The Kier molecular flexibility index (Phi) is 6.52. The van der Waals surface area contributed by atoms with Crippen LogP contribution in [0.4, 0.5) is 5.69 Å². The van der Waals surface area contributed by atoms with Crippen LogP contribution in [0, 0.1) is 20.8 Å². The molecule has 0 aliphatic heterocycles. The molecule has 0 aromatic heterocycles. The quantitative estimate of drug-likeness (QED) is 0.737. The van der Waals surface area contributed by atoms with Gasteiger partial charge in [-0.15, -0.1) is 0 Å². The van der Waals surface area contributed by atoms with Gasteiger partial charge in [-0.1, -0.05) is 29.3 Å². The van der Waals surface area contributed by atoms with Crippen molar-refractivity contribution in [3.8, 4) is 0 Å². The number of halogens is 1. The molecule has 8 heteroatoms. The second-order valence-corrected chi connectivity index (χ2v) is 9.15. The Labute approximate surface area is 169 Å². The SMILES string of the molecule is Cc1cc(C)c(NC(=O)[C@@H](C)OC(=O)c2cc(S(C)(=O)=O)ccc2Cl)c(C)c1. The number of ether oxygens (including phenoxy) is 1. The number of sulfone groups is 1. The first kappa shape index (κ1) is 21.9. The maximum Gasteiger partial charge on any atom is 0.340 e. The largest absolute Gasteiger partial charge is 0.449 e. The lowest BCUT2D eigenvalue weighted by Gasteiger charge is -2.17. The van der Waals surface area contributed by atoms with E-state index in [0.717, 1.165) is 29.0 Å². The summed E-state index contributed by atoms with van der Waals surface area (Å²) in [6.45, 7) is 7.15. The van der Waals surface area contributed by atoms with E-state index >= 15 is 0 Å². The summed E-state index contributed by atoms with van der Waals surface area (Å²) in [5.41, 5.74) is 3.41. The van der Waals surface area contributed by atoms with Crippen molar-refractivity contribution in [2.24, 2.45) is 0 Å². The molecule has 2 aromatic rings. The van der Waals surface area contributed by atoms with Gasteiger partial charge in [0, 0.05) is 11.9 Å². The number of anilines is 1. The molecule has 2 rings (SSSR count). The minimum Gasteiger partial charge on any atom is -0.449 e. The lowest BCUT2D eigenvalue weighted by Crippen LogP contribution is -2.30. The second-order valence-electron chi connectivity index (χ2n) is 6.72. The lowest BCUT2D eigenvalue weighted by molar-refractivity contribution is -0.123. The number of amides is 1. The molecule has 1 atom stereocenters. The Hall–Kier alpha value is -2.38. The molecule has 0 spiro atoms. The van der Waals surface area contributed by atoms with Gasteiger partial charge in [-0.25, -0.2) is 13.2 Å². The molecular weight excluding hydrogens is 402 g/mol. The van der Waals surface area contributed by atoms with Crippen LogP contribution in [0.25, 0.3) is 0 Å². The van der Waals surface area contributed by atoms with Crippen LogP contribution in [0.3, 0.4) is 0 Å². The first-order valence-corrected chi connectivity index (χ1v) is 10.8. The minimum atomic E-state index is -3.52. The van der Waals surface area contributed by atoms with E-state index in [1.54, 1.807) is 0 Å². The molecule has 0 aliphatic rings. The van der Waals surface area contributed by atoms with Crippen LogP contribution in [0.1, 0.15) is 34.0 Å². The van der Waals surface area contributed by atoms with Crippen molar-refractivity contribution in [1.29, 1.82) is 0 Å². The molecule has 0 unspecified atom stereocenters. The zero-order valence-electron chi connectivity index (χ0n) is 16.3. The van der Waals surface area contributed by atoms with Crippen molar-refractivity contribution in [2.45, 2.75) is 38.7 Å². The highest BCUT2D eigenvalue weighted by Gasteiger charge is 2.23. The lowest BCUT2D eigenvalue weighted by atomic mass is 10.0. The van der Waals surface area contributed by atoms with Gasteiger partial charge in [-0.2, -0.15) is 0 Å². The van der Waals surface area contributed by atoms with Crippen LogP contribution >= 0.6 is 11.6 Å². The van der Waals surface area contributed by atoms with Gasteiger partial charge in [0.15, 0.2) is 15.9 Å². The molecule has 0 aliphatic carbocycles. The fourth-order valence-electron chi connectivity index (χ4n) is 2.77. The summed E-state index contributed by atoms with van der Waals surface area (Å²) in [5.74, 6) is -1.38. The third-order valence-corrected chi connectivity index (χ3v) is 5.60. The third kappa shape index (κ3) is 5.11. The first-order valence-electron chi connectivity index (χ1n) is 8.49. The van der Waals surface area contributed by atoms with Gasteiger partial charge in [-0.3, -0.25) is 4.79 Å². The minimum absolute atomic E-state index is 0.0373. The third-order valence-electron chi connectivity index (χ3n) is 4.16. The van der Waals surface area contributed by atoms with E-state index in [9.17, 15) is 18.0 Å². The maximum atomic E-state index is 12.5. The van der Waals surface area contributed by atoms with E-state index in [4.69, 9.17) is 16.3 Å². The summed E-state index contributed by atoms with van der Waals surface area (Å²) in [6, 6.07) is 7.62. The fraction of sp³-hybridized carbons (Fsp3) is 0.300. The molecule has 28 heavy (non-hydrogen) atoms. The second kappa shape index (κ2) is 8.32. The van der Waals surface area contributed by atoms with E-state index < -0.39 is 27.8 Å². The number of carbonyl (C=O) groups is 2. The highest BCUT2D eigenvalue weighted by atomic mass is 35.5. The Morgan fingerprint density at radius 3 is 2.18 bits per heavy atom. The van der Waals surface area contributed by atoms with E-state index in [1.807, 2.05) is 32.9 Å². The van der Waals surface area contributed by atoms with Crippen LogP contribution in [0.2, 0.25) is 5.02 Å². The number of benzene rings is 2.